The third kappa shape index (κ3) is 11.6. The molecular formula is C13H32OSSi2. The van der Waals surface area contributed by atoms with Crippen molar-refractivity contribution < 1.29 is 4.43 Å². The highest BCUT2D eigenvalue weighted by molar-refractivity contribution is 8.28. The molecule has 0 saturated heterocycles. The molecule has 0 heterocycles. The standard InChI is InChI=1S/C13H32OSSi2/c1-8-9-10-14-17(6,7)12-13(2)11-15-16(3,4)5/h13H,8-12H2,1-7H3. The summed E-state index contributed by atoms with van der Waals surface area (Å²) < 4.78 is 6.11. The zero-order valence-corrected chi connectivity index (χ0v) is 15.7. The molecule has 0 bridgehead atoms. The Morgan fingerprint density at radius 1 is 1.12 bits per heavy atom. The summed E-state index contributed by atoms with van der Waals surface area (Å²) in [5.41, 5.74) is 0. The van der Waals surface area contributed by atoms with Crippen molar-refractivity contribution in [2.45, 2.75) is 65.5 Å². The van der Waals surface area contributed by atoms with Gasteiger partial charge in [0.05, 0.1) is 0 Å². The summed E-state index contributed by atoms with van der Waals surface area (Å²) >= 11 is 2.22. The Bertz CT molecular complexity index is 202. The van der Waals surface area contributed by atoms with E-state index in [1.54, 1.807) is 0 Å². The second-order valence-electron chi connectivity index (χ2n) is 6.69. The van der Waals surface area contributed by atoms with Crippen molar-refractivity contribution in [2.24, 2.45) is 5.92 Å². The molecule has 17 heavy (non-hydrogen) atoms. The fourth-order valence-electron chi connectivity index (χ4n) is 1.84. The monoisotopic (exact) mass is 292 g/mol. The number of hydrogen-bond acceptors (Lipinski definition) is 2. The fourth-order valence-corrected chi connectivity index (χ4v) is 7.94. The van der Waals surface area contributed by atoms with Crippen LogP contribution in [-0.4, -0.2) is 27.9 Å². The van der Waals surface area contributed by atoms with Gasteiger partial charge in [0.2, 0.25) is 0 Å². The molecule has 0 aliphatic carbocycles. The van der Waals surface area contributed by atoms with Gasteiger partial charge in [0.1, 0.15) is 7.22 Å². The molecule has 0 amide bonds. The van der Waals surface area contributed by atoms with Crippen LogP contribution in [-0.2, 0) is 4.43 Å². The number of hydrogen-bond donors (Lipinski definition) is 0. The molecule has 0 aromatic heterocycles. The van der Waals surface area contributed by atoms with Crippen molar-refractivity contribution in [2.75, 3.05) is 12.4 Å². The normalized spacial score (nSPS) is 15.0. The van der Waals surface area contributed by atoms with Gasteiger partial charge in [-0.1, -0.05) is 39.9 Å². The highest BCUT2D eigenvalue weighted by Crippen LogP contribution is 2.26. The summed E-state index contributed by atoms with van der Waals surface area (Å²) in [6.07, 6.45) is 2.46. The second-order valence-corrected chi connectivity index (χ2v) is 20.3. The molecule has 0 aliphatic rings. The van der Waals surface area contributed by atoms with E-state index in [0.717, 1.165) is 12.5 Å². The smallest absolute Gasteiger partial charge is 0.187 e. The molecular weight excluding hydrogens is 260 g/mol. The molecule has 1 atom stereocenters. The van der Waals surface area contributed by atoms with Gasteiger partial charge in [0, 0.05) is 6.61 Å². The average molecular weight is 293 g/mol. The molecule has 0 N–H and O–H groups in total. The van der Waals surface area contributed by atoms with E-state index in [1.807, 2.05) is 0 Å². The molecule has 104 valence electrons. The Kier molecular flexibility index (Phi) is 8.37. The predicted molar refractivity (Wildman–Crippen MR) is 88.1 cm³/mol. The van der Waals surface area contributed by atoms with Crippen molar-refractivity contribution in [1.29, 1.82) is 0 Å². The van der Waals surface area contributed by atoms with E-state index in [0.29, 0.717) is 0 Å². The third-order valence-corrected chi connectivity index (χ3v) is 10.00. The van der Waals surface area contributed by atoms with Crippen LogP contribution in [0.5, 0.6) is 0 Å². The van der Waals surface area contributed by atoms with Crippen molar-refractivity contribution in [3.05, 3.63) is 0 Å². The van der Waals surface area contributed by atoms with Crippen molar-refractivity contribution in [1.82, 2.24) is 0 Å². The Hall–Kier alpha value is 0.744. The Morgan fingerprint density at radius 2 is 1.71 bits per heavy atom. The van der Waals surface area contributed by atoms with Gasteiger partial charge in [-0.15, -0.1) is 0 Å². The quantitative estimate of drug-likeness (QED) is 0.426. The van der Waals surface area contributed by atoms with E-state index < -0.39 is 15.5 Å². The number of rotatable bonds is 9. The lowest BCUT2D eigenvalue weighted by Crippen LogP contribution is -2.33. The minimum Gasteiger partial charge on any atom is -0.417 e. The second kappa shape index (κ2) is 8.02. The Morgan fingerprint density at radius 3 is 2.18 bits per heavy atom. The van der Waals surface area contributed by atoms with Gasteiger partial charge in [0.25, 0.3) is 0 Å². The minimum atomic E-state index is -1.40. The number of unbranched alkanes of at least 4 members (excludes halogenated alkanes) is 1. The lowest BCUT2D eigenvalue weighted by molar-refractivity contribution is 0.295. The van der Waals surface area contributed by atoms with Crippen LogP contribution in [0.15, 0.2) is 0 Å². The highest BCUT2D eigenvalue weighted by atomic mass is 32.4. The lowest BCUT2D eigenvalue weighted by Gasteiger charge is -2.27. The summed E-state index contributed by atoms with van der Waals surface area (Å²) in [7, 11) is -2.33. The van der Waals surface area contributed by atoms with E-state index in [9.17, 15) is 0 Å². The van der Waals surface area contributed by atoms with Gasteiger partial charge in [-0.3, -0.25) is 0 Å². The third-order valence-electron chi connectivity index (χ3n) is 2.63. The molecule has 1 nitrogen and oxygen atoms in total. The SMILES string of the molecule is CCCCO[Si](C)(C)CC(C)CS[Si](C)(C)C. The topological polar surface area (TPSA) is 9.23 Å². The summed E-state index contributed by atoms with van der Waals surface area (Å²) in [5, 5.41) is 0. The van der Waals surface area contributed by atoms with Crippen LogP contribution >= 0.6 is 11.2 Å². The maximum absolute atomic E-state index is 6.11. The first kappa shape index (κ1) is 17.7. The van der Waals surface area contributed by atoms with Crippen molar-refractivity contribution in [3.8, 4) is 0 Å². The molecule has 0 rings (SSSR count). The molecule has 1 unspecified atom stereocenters. The molecule has 4 heteroatoms. The molecule has 0 radical (unpaired) electrons. The fraction of sp³-hybridized carbons (Fsp3) is 1.00. The molecule has 0 aliphatic heterocycles. The van der Waals surface area contributed by atoms with Crippen LogP contribution in [0.4, 0.5) is 0 Å². The van der Waals surface area contributed by atoms with Gasteiger partial charge in [-0.2, -0.15) is 11.2 Å². The van der Waals surface area contributed by atoms with E-state index in [-0.39, 0.29) is 0 Å². The van der Waals surface area contributed by atoms with Crippen LogP contribution in [0.1, 0.15) is 26.7 Å². The Labute approximate surface area is 115 Å². The van der Waals surface area contributed by atoms with Crippen molar-refractivity contribution in [3.63, 3.8) is 0 Å². The average Bonchev–Trinajstić information content (AvgIpc) is 2.13. The van der Waals surface area contributed by atoms with Crippen molar-refractivity contribution >= 4 is 26.8 Å². The first-order valence-corrected chi connectivity index (χ1v) is 15.3. The summed E-state index contributed by atoms with van der Waals surface area (Å²) in [6, 6.07) is 1.31. The lowest BCUT2D eigenvalue weighted by atomic mass is 10.3. The van der Waals surface area contributed by atoms with E-state index in [1.165, 1.54) is 24.6 Å². The minimum absolute atomic E-state index is 0.815. The zero-order valence-electron chi connectivity index (χ0n) is 12.9. The summed E-state index contributed by atoms with van der Waals surface area (Å²) in [4.78, 5) is 0. The summed E-state index contributed by atoms with van der Waals surface area (Å²) in [6.45, 7) is 17.6. The van der Waals surface area contributed by atoms with E-state index >= 15 is 0 Å². The van der Waals surface area contributed by atoms with Crippen LogP contribution in [0.25, 0.3) is 0 Å². The van der Waals surface area contributed by atoms with Gasteiger partial charge < -0.3 is 4.43 Å². The summed E-state index contributed by atoms with van der Waals surface area (Å²) in [5.74, 6) is 2.14. The largest absolute Gasteiger partial charge is 0.417 e. The first-order valence-electron chi connectivity index (χ1n) is 6.94. The maximum atomic E-state index is 6.11. The van der Waals surface area contributed by atoms with Crippen LogP contribution in [0.3, 0.4) is 0 Å². The Balaban J connectivity index is 3.87. The van der Waals surface area contributed by atoms with Gasteiger partial charge >= 0.3 is 0 Å². The van der Waals surface area contributed by atoms with Gasteiger partial charge in [-0.25, -0.2) is 0 Å². The highest BCUT2D eigenvalue weighted by Gasteiger charge is 2.26. The molecule has 0 fully saturated rings. The first-order chi connectivity index (χ1) is 7.66. The van der Waals surface area contributed by atoms with Gasteiger partial charge in [0.15, 0.2) is 8.32 Å². The maximum Gasteiger partial charge on any atom is 0.187 e. The molecule has 0 aromatic carbocycles. The van der Waals surface area contributed by atoms with Crippen LogP contribution in [0.2, 0.25) is 38.8 Å². The molecule has 0 spiro atoms. The van der Waals surface area contributed by atoms with Gasteiger partial charge in [-0.05, 0) is 37.2 Å². The predicted octanol–water partition coefficient (Wildman–Crippen LogP) is 5.21. The van der Waals surface area contributed by atoms with E-state index in [4.69, 9.17) is 4.43 Å². The molecule has 0 aromatic rings. The van der Waals surface area contributed by atoms with Crippen LogP contribution in [0, 0.1) is 5.92 Å². The van der Waals surface area contributed by atoms with Crippen LogP contribution < -0.4 is 0 Å². The zero-order chi connectivity index (χ0) is 13.5. The van der Waals surface area contributed by atoms with E-state index in [2.05, 4.69) is 57.8 Å². The molecule has 0 saturated carbocycles.